The van der Waals surface area contributed by atoms with Crippen molar-refractivity contribution in [3.05, 3.63) is 0 Å². The van der Waals surface area contributed by atoms with Crippen molar-refractivity contribution in [2.45, 2.75) is 30.9 Å². The summed E-state index contributed by atoms with van der Waals surface area (Å²) in [4.78, 5) is 0. The molecule has 1 aliphatic carbocycles. The third-order valence-electron chi connectivity index (χ3n) is 1.70. The van der Waals surface area contributed by atoms with Crippen LogP contribution in [0.4, 0.5) is 0 Å². The minimum atomic E-state index is 0.528. The SMILES string of the molecule is CCC1(SN)CC1. The summed E-state index contributed by atoms with van der Waals surface area (Å²) in [6, 6.07) is 0. The van der Waals surface area contributed by atoms with Gasteiger partial charge in [0.25, 0.3) is 0 Å². The molecule has 2 N–H and O–H groups in total. The topological polar surface area (TPSA) is 26.0 Å². The van der Waals surface area contributed by atoms with Crippen LogP contribution in [0.25, 0.3) is 0 Å². The molecule has 0 aromatic carbocycles. The van der Waals surface area contributed by atoms with E-state index >= 15 is 0 Å². The Kier molecular flexibility index (Phi) is 1.30. The molecule has 1 fully saturated rings. The summed E-state index contributed by atoms with van der Waals surface area (Å²) in [6.45, 7) is 2.20. The minimum absolute atomic E-state index is 0.528. The molecule has 0 amide bonds. The van der Waals surface area contributed by atoms with Crippen LogP contribution in [0, 0.1) is 0 Å². The zero-order valence-electron chi connectivity index (χ0n) is 4.61. The van der Waals surface area contributed by atoms with Gasteiger partial charge >= 0.3 is 0 Å². The third kappa shape index (κ3) is 0.916. The van der Waals surface area contributed by atoms with E-state index in [9.17, 15) is 0 Å². The molecule has 2 heteroatoms. The fourth-order valence-corrected chi connectivity index (χ4v) is 1.20. The first kappa shape index (κ1) is 5.45. The highest BCUT2D eigenvalue weighted by atomic mass is 32.2. The van der Waals surface area contributed by atoms with Gasteiger partial charge < -0.3 is 0 Å². The average Bonchev–Trinajstić information content (AvgIpc) is 2.46. The van der Waals surface area contributed by atoms with Crippen LogP contribution in [0.3, 0.4) is 0 Å². The van der Waals surface area contributed by atoms with Gasteiger partial charge in [0.1, 0.15) is 0 Å². The fourth-order valence-electron chi connectivity index (χ4n) is 0.694. The van der Waals surface area contributed by atoms with E-state index in [0.717, 1.165) is 0 Å². The Hall–Kier alpha value is 0.310. The predicted molar refractivity (Wildman–Crippen MR) is 34.0 cm³/mol. The van der Waals surface area contributed by atoms with Crippen LogP contribution in [0.1, 0.15) is 26.2 Å². The van der Waals surface area contributed by atoms with Gasteiger partial charge in [-0.15, -0.1) is 0 Å². The molecule has 1 rings (SSSR count). The summed E-state index contributed by atoms with van der Waals surface area (Å²) < 4.78 is 0.528. The van der Waals surface area contributed by atoms with Crippen molar-refractivity contribution in [1.29, 1.82) is 0 Å². The van der Waals surface area contributed by atoms with Crippen molar-refractivity contribution >= 4 is 11.9 Å². The first-order valence-corrected chi connectivity index (χ1v) is 3.59. The van der Waals surface area contributed by atoms with E-state index in [-0.39, 0.29) is 0 Å². The van der Waals surface area contributed by atoms with Gasteiger partial charge in [-0.2, -0.15) is 0 Å². The van der Waals surface area contributed by atoms with Gasteiger partial charge in [-0.25, -0.2) is 0 Å². The second-order valence-electron chi connectivity index (χ2n) is 2.15. The van der Waals surface area contributed by atoms with E-state index in [1.165, 1.54) is 31.2 Å². The minimum Gasteiger partial charge on any atom is -0.277 e. The lowest BCUT2D eigenvalue weighted by molar-refractivity contribution is 0.854. The fraction of sp³-hybridized carbons (Fsp3) is 1.00. The molecule has 0 atom stereocenters. The number of nitrogens with two attached hydrogens (primary N) is 1. The van der Waals surface area contributed by atoms with Crippen molar-refractivity contribution in [3.63, 3.8) is 0 Å². The lowest BCUT2D eigenvalue weighted by atomic mass is 10.3. The molecule has 7 heavy (non-hydrogen) atoms. The Bertz CT molecular complexity index is 62.5. The van der Waals surface area contributed by atoms with Crippen LogP contribution in [-0.2, 0) is 0 Å². The normalized spacial score (nSPS) is 24.9. The molecule has 0 radical (unpaired) electrons. The number of hydrogen-bond acceptors (Lipinski definition) is 2. The van der Waals surface area contributed by atoms with Crippen molar-refractivity contribution in [1.82, 2.24) is 0 Å². The van der Waals surface area contributed by atoms with Crippen LogP contribution < -0.4 is 5.14 Å². The Labute approximate surface area is 48.8 Å². The van der Waals surface area contributed by atoms with Crippen molar-refractivity contribution < 1.29 is 0 Å². The summed E-state index contributed by atoms with van der Waals surface area (Å²) >= 11 is 1.54. The second-order valence-corrected chi connectivity index (χ2v) is 3.26. The summed E-state index contributed by atoms with van der Waals surface area (Å²) in [6.07, 6.45) is 3.92. The van der Waals surface area contributed by atoms with E-state index < -0.39 is 0 Å². The first-order valence-electron chi connectivity index (χ1n) is 2.71. The Balaban J connectivity index is 2.28. The van der Waals surface area contributed by atoms with Gasteiger partial charge in [0.15, 0.2) is 0 Å². The number of rotatable bonds is 2. The van der Waals surface area contributed by atoms with Crippen LogP contribution in [0.2, 0.25) is 0 Å². The monoisotopic (exact) mass is 117 g/mol. The van der Waals surface area contributed by atoms with E-state index in [2.05, 4.69) is 6.92 Å². The first-order chi connectivity index (χ1) is 3.33. The Morgan fingerprint density at radius 1 is 1.71 bits per heavy atom. The molecule has 1 saturated carbocycles. The maximum absolute atomic E-state index is 5.40. The molecule has 42 valence electrons. The van der Waals surface area contributed by atoms with Crippen LogP contribution in [0.5, 0.6) is 0 Å². The molecule has 0 saturated heterocycles. The van der Waals surface area contributed by atoms with Crippen LogP contribution >= 0.6 is 11.9 Å². The summed E-state index contributed by atoms with van der Waals surface area (Å²) in [5.74, 6) is 0. The molecule has 1 nitrogen and oxygen atoms in total. The van der Waals surface area contributed by atoms with E-state index in [1.54, 1.807) is 0 Å². The molecular weight excluding hydrogens is 106 g/mol. The second kappa shape index (κ2) is 1.67. The molecular formula is C5H11NS. The predicted octanol–water partition coefficient (Wildman–Crippen LogP) is 1.54. The number of hydrogen-bond donors (Lipinski definition) is 1. The molecule has 0 bridgehead atoms. The van der Waals surface area contributed by atoms with Gasteiger partial charge in [0.2, 0.25) is 0 Å². The molecule has 0 aliphatic heterocycles. The average molecular weight is 117 g/mol. The van der Waals surface area contributed by atoms with Gasteiger partial charge in [-0.3, -0.25) is 5.14 Å². The summed E-state index contributed by atoms with van der Waals surface area (Å²) in [5, 5.41) is 5.40. The molecule has 0 aromatic heterocycles. The van der Waals surface area contributed by atoms with Crippen LogP contribution in [0.15, 0.2) is 0 Å². The molecule has 0 spiro atoms. The maximum Gasteiger partial charge on any atom is 0.0301 e. The summed E-state index contributed by atoms with van der Waals surface area (Å²) in [5.41, 5.74) is 0. The summed E-state index contributed by atoms with van der Waals surface area (Å²) in [7, 11) is 0. The van der Waals surface area contributed by atoms with Crippen molar-refractivity contribution in [2.75, 3.05) is 0 Å². The van der Waals surface area contributed by atoms with E-state index in [4.69, 9.17) is 5.14 Å². The zero-order chi connectivity index (χ0) is 5.33. The molecule has 1 aliphatic rings. The highest BCUT2D eigenvalue weighted by molar-refractivity contribution is 7.98. The zero-order valence-corrected chi connectivity index (χ0v) is 5.42. The van der Waals surface area contributed by atoms with E-state index in [1.807, 2.05) is 0 Å². The lowest BCUT2D eigenvalue weighted by Gasteiger charge is -2.03. The third-order valence-corrected chi connectivity index (χ3v) is 2.90. The highest BCUT2D eigenvalue weighted by Crippen LogP contribution is 2.48. The standard InChI is InChI=1S/C5H11NS/c1-2-5(7-6)3-4-5/h2-4,6H2,1H3. The van der Waals surface area contributed by atoms with Crippen molar-refractivity contribution in [2.24, 2.45) is 5.14 Å². The smallest absolute Gasteiger partial charge is 0.0301 e. The highest BCUT2D eigenvalue weighted by Gasteiger charge is 2.40. The van der Waals surface area contributed by atoms with Crippen molar-refractivity contribution in [3.8, 4) is 0 Å². The maximum atomic E-state index is 5.40. The molecule has 0 heterocycles. The van der Waals surface area contributed by atoms with Gasteiger partial charge in [-0.1, -0.05) is 18.9 Å². The largest absolute Gasteiger partial charge is 0.277 e. The quantitative estimate of drug-likeness (QED) is 0.555. The molecule has 0 aromatic rings. The molecule has 0 unspecified atom stereocenters. The Morgan fingerprint density at radius 3 is 2.29 bits per heavy atom. The van der Waals surface area contributed by atoms with Crippen LogP contribution in [-0.4, -0.2) is 4.75 Å². The van der Waals surface area contributed by atoms with Gasteiger partial charge in [0.05, 0.1) is 0 Å². The van der Waals surface area contributed by atoms with Gasteiger partial charge in [-0.05, 0) is 19.3 Å². The lowest BCUT2D eigenvalue weighted by Crippen LogP contribution is -2.02. The Morgan fingerprint density at radius 2 is 2.29 bits per heavy atom. The van der Waals surface area contributed by atoms with E-state index in [0.29, 0.717) is 4.75 Å². The van der Waals surface area contributed by atoms with Gasteiger partial charge in [0, 0.05) is 4.75 Å².